The number of amides is 1. The molecule has 0 bridgehead atoms. The number of carbonyl (C=O) groups excluding carboxylic acids is 1. The van der Waals surface area contributed by atoms with E-state index in [1.807, 2.05) is 44.2 Å². The first kappa shape index (κ1) is 14.5. The van der Waals surface area contributed by atoms with Crippen molar-refractivity contribution in [1.82, 2.24) is 4.90 Å². The fourth-order valence-corrected chi connectivity index (χ4v) is 1.95. The Balaban J connectivity index is 2.72. The number of hydrogen-bond donors (Lipinski definition) is 1. The highest BCUT2D eigenvalue weighted by Crippen LogP contribution is 2.20. The van der Waals surface area contributed by atoms with Gasteiger partial charge in [0.05, 0.1) is 5.92 Å². The molecule has 1 aromatic carbocycles. The van der Waals surface area contributed by atoms with Crippen molar-refractivity contribution < 1.29 is 4.79 Å². The molecule has 0 heterocycles. The van der Waals surface area contributed by atoms with E-state index >= 15 is 0 Å². The Kier molecular flexibility index (Phi) is 5.10. The van der Waals surface area contributed by atoms with E-state index in [9.17, 15) is 4.79 Å². The second kappa shape index (κ2) is 6.36. The van der Waals surface area contributed by atoms with Gasteiger partial charge in [-0.05, 0) is 12.5 Å². The molecule has 0 aliphatic rings. The summed E-state index contributed by atoms with van der Waals surface area (Å²) >= 11 is 0. The lowest BCUT2D eigenvalue weighted by atomic mass is 9.94. The molecule has 1 aromatic rings. The van der Waals surface area contributed by atoms with Gasteiger partial charge >= 0.3 is 0 Å². The zero-order valence-electron chi connectivity index (χ0n) is 11.4. The molecule has 2 N–H and O–H groups in total. The Morgan fingerprint density at radius 3 is 2.44 bits per heavy atom. The van der Waals surface area contributed by atoms with Crippen molar-refractivity contribution in [2.45, 2.75) is 19.9 Å². The highest BCUT2D eigenvalue weighted by Gasteiger charge is 2.24. The zero-order chi connectivity index (χ0) is 13.7. The lowest BCUT2D eigenvalue weighted by molar-refractivity contribution is -0.133. The van der Waals surface area contributed by atoms with Crippen LogP contribution in [0, 0.1) is 5.92 Å². The molecule has 0 saturated carbocycles. The van der Waals surface area contributed by atoms with Crippen LogP contribution in [0.5, 0.6) is 0 Å². The van der Waals surface area contributed by atoms with Gasteiger partial charge in [0.25, 0.3) is 0 Å². The molecular formula is C15H22N2O. The van der Waals surface area contributed by atoms with Gasteiger partial charge in [0, 0.05) is 19.6 Å². The molecule has 0 aromatic heterocycles. The first-order valence-electron chi connectivity index (χ1n) is 6.13. The third-order valence-electron chi connectivity index (χ3n) is 3.00. The Labute approximate surface area is 109 Å². The Morgan fingerprint density at radius 2 is 1.94 bits per heavy atom. The lowest BCUT2D eigenvalue weighted by Crippen LogP contribution is -2.37. The number of hydrogen-bond acceptors (Lipinski definition) is 2. The maximum atomic E-state index is 12.2. The minimum absolute atomic E-state index is 0.0503. The normalized spacial score (nSPS) is 13.8. The molecule has 2 atom stereocenters. The number of benzene rings is 1. The molecule has 1 amide bonds. The molecule has 3 nitrogen and oxygen atoms in total. The van der Waals surface area contributed by atoms with Gasteiger partial charge in [-0.1, -0.05) is 49.4 Å². The second-order valence-corrected chi connectivity index (χ2v) is 4.88. The fourth-order valence-electron chi connectivity index (χ4n) is 1.95. The highest BCUT2D eigenvalue weighted by molar-refractivity contribution is 5.79. The van der Waals surface area contributed by atoms with Crippen LogP contribution >= 0.6 is 0 Å². The zero-order valence-corrected chi connectivity index (χ0v) is 11.4. The topological polar surface area (TPSA) is 46.3 Å². The molecule has 1 rings (SSSR count). The summed E-state index contributed by atoms with van der Waals surface area (Å²) in [6.45, 7) is 8.17. The van der Waals surface area contributed by atoms with E-state index in [1.54, 1.807) is 11.9 Å². The monoisotopic (exact) mass is 246 g/mol. The molecule has 2 unspecified atom stereocenters. The Morgan fingerprint density at radius 1 is 1.39 bits per heavy atom. The van der Waals surface area contributed by atoms with E-state index in [2.05, 4.69) is 6.58 Å². The van der Waals surface area contributed by atoms with E-state index in [1.165, 1.54) is 0 Å². The average Bonchev–Trinajstić information content (AvgIpc) is 2.36. The first-order valence-corrected chi connectivity index (χ1v) is 6.13. The number of nitrogens with zero attached hydrogens (tertiary/aromatic N) is 1. The molecule has 0 fully saturated rings. The van der Waals surface area contributed by atoms with Gasteiger partial charge in [-0.3, -0.25) is 4.79 Å². The summed E-state index contributed by atoms with van der Waals surface area (Å²) in [5.74, 6) is -0.189. The molecule has 18 heavy (non-hydrogen) atoms. The van der Waals surface area contributed by atoms with Crippen LogP contribution < -0.4 is 5.73 Å². The van der Waals surface area contributed by atoms with Crippen molar-refractivity contribution in [3.8, 4) is 0 Å². The molecule has 0 radical (unpaired) electrons. The average molecular weight is 246 g/mol. The van der Waals surface area contributed by atoms with Gasteiger partial charge in [0.2, 0.25) is 5.91 Å². The maximum Gasteiger partial charge on any atom is 0.227 e. The Bertz CT molecular complexity index is 414. The van der Waals surface area contributed by atoms with Crippen LogP contribution in [0.25, 0.3) is 0 Å². The second-order valence-electron chi connectivity index (χ2n) is 4.88. The van der Waals surface area contributed by atoms with E-state index in [4.69, 9.17) is 5.73 Å². The van der Waals surface area contributed by atoms with Crippen LogP contribution in [0.1, 0.15) is 25.5 Å². The summed E-state index contributed by atoms with van der Waals surface area (Å²) in [5.41, 5.74) is 8.09. The van der Waals surface area contributed by atoms with Gasteiger partial charge in [0.15, 0.2) is 0 Å². The highest BCUT2D eigenvalue weighted by atomic mass is 16.2. The van der Waals surface area contributed by atoms with Crippen molar-refractivity contribution in [3.63, 3.8) is 0 Å². The number of carbonyl (C=O) groups is 1. The summed E-state index contributed by atoms with van der Waals surface area (Å²) < 4.78 is 0. The van der Waals surface area contributed by atoms with E-state index in [0.717, 1.165) is 11.1 Å². The number of rotatable bonds is 5. The van der Waals surface area contributed by atoms with E-state index in [-0.39, 0.29) is 17.9 Å². The van der Waals surface area contributed by atoms with Gasteiger partial charge in [-0.2, -0.15) is 0 Å². The van der Waals surface area contributed by atoms with Crippen molar-refractivity contribution in [3.05, 3.63) is 48.0 Å². The summed E-state index contributed by atoms with van der Waals surface area (Å²) in [4.78, 5) is 13.9. The molecule has 98 valence electrons. The third kappa shape index (κ3) is 3.70. The van der Waals surface area contributed by atoms with Crippen LogP contribution in [-0.2, 0) is 4.79 Å². The van der Waals surface area contributed by atoms with Crippen LogP contribution in [0.4, 0.5) is 0 Å². The molecule has 3 heteroatoms. The maximum absolute atomic E-state index is 12.2. The summed E-state index contributed by atoms with van der Waals surface area (Å²) in [6.07, 6.45) is 0. The minimum Gasteiger partial charge on any atom is -0.341 e. The first-order chi connectivity index (χ1) is 8.43. The molecule has 0 saturated heterocycles. The Hall–Kier alpha value is -1.61. The predicted octanol–water partition coefficient (Wildman–Crippen LogP) is 2.36. The molecular weight excluding hydrogens is 224 g/mol. The quantitative estimate of drug-likeness (QED) is 0.811. The largest absolute Gasteiger partial charge is 0.341 e. The van der Waals surface area contributed by atoms with Gasteiger partial charge in [0.1, 0.15) is 0 Å². The SMILES string of the molecule is C=C(C)CN(C)C(=O)C(C)C(N)c1ccccc1. The standard InChI is InChI=1S/C15H22N2O/c1-11(2)10-17(4)15(18)12(3)14(16)13-8-6-5-7-9-13/h5-9,12,14H,1,10,16H2,2-4H3. The summed E-state index contributed by atoms with van der Waals surface area (Å²) in [5, 5.41) is 0. The lowest BCUT2D eigenvalue weighted by Gasteiger charge is -2.25. The van der Waals surface area contributed by atoms with Gasteiger partial charge in [-0.15, -0.1) is 0 Å². The molecule has 0 spiro atoms. The molecule has 0 aliphatic heterocycles. The smallest absolute Gasteiger partial charge is 0.227 e. The van der Waals surface area contributed by atoms with Crippen LogP contribution in [0.3, 0.4) is 0 Å². The van der Waals surface area contributed by atoms with Crippen molar-refractivity contribution in [2.75, 3.05) is 13.6 Å². The van der Waals surface area contributed by atoms with Crippen LogP contribution in [0.2, 0.25) is 0 Å². The fraction of sp³-hybridized carbons (Fsp3) is 0.400. The van der Waals surface area contributed by atoms with Crippen molar-refractivity contribution in [2.24, 2.45) is 11.7 Å². The van der Waals surface area contributed by atoms with Crippen molar-refractivity contribution in [1.29, 1.82) is 0 Å². The predicted molar refractivity (Wildman–Crippen MR) is 75.0 cm³/mol. The van der Waals surface area contributed by atoms with Gasteiger partial charge in [-0.25, -0.2) is 0 Å². The van der Waals surface area contributed by atoms with Crippen molar-refractivity contribution >= 4 is 5.91 Å². The molecule has 0 aliphatic carbocycles. The van der Waals surface area contributed by atoms with Crippen LogP contribution in [0.15, 0.2) is 42.5 Å². The third-order valence-corrected chi connectivity index (χ3v) is 3.00. The summed E-state index contributed by atoms with van der Waals surface area (Å²) in [6, 6.07) is 9.44. The minimum atomic E-state index is -0.272. The van der Waals surface area contributed by atoms with Gasteiger partial charge < -0.3 is 10.6 Å². The number of likely N-dealkylation sites (N-methyl/N-ethyl adjacent to an activating group) is 1. The van der Waals surface area contributed by atoms with E-state index in [0.29, 0.717) is 6.54 Å². The van der Waals surface area contributed by atoms with E-state index < -0.39 is 0 Å². The summed E-state index contributed by atoms with van der Waals surface area (Å²) in [7, 11) is 1.78. The number of nitrogens with two attached hydrogens (primary N) is 1. The van der Waals surface area contributed by atoms with Crippen LogP contribution in [-0.4, -0.2) is 24.4 Å².